The van der Waals surface area contributed by atoms with Crippen LogP contribution in [0.15, 0.2) is 72.3 Å². The van der Waals surface area contributed by atoms with E-state index in [0.717, 1.165) is 9.80 Å². The van der Waals surface area contributed by atoms with Gasteiger partial charge < -0.3 is 5.11 Å². The van der Waals surface area contributed by atoms with Gasteiger partial charge in [0.1, 0.15) is 5.75 Å². The molecule has 6 atom stereocenters. The average Bonchev–Trinajstić information content (AvgIpc) is 3.35. The second kappa shape index (κ2) is 9.99. The number of anilines is 1. The molecule has 3 aromatic rings. The SMILES string of the molecule is CC(=O)c1ccc(N2C(=O)C3CC=C4C(CC5(Cl)C(=O)N(CBr)C(=O)C5(Cl)C4c4ccc(O)c5ccccc45)C3C2=O)cc1. The molecule has 4 aliphatic rings. The Bertz CT molecular complexity index is 1860. The van der Waals surface area contributed by atoms with Crippen LogP contribution < -0.4 is 4.90 Å². The number of allylic oxidation sites excluding steroid dienone is 2. The van der Waals surface area contributed by atoms with E-state index in [1.54, 1.807) is 54.6 Å². The van der Waals surface area contributed by atoms with Gasteiger partial charge in [-0.2, -0.15) is 0 Å². The van der Waals surface area contributed by atoms with Gasteiger partial charge in [-0.05, 0) is 67.0 Å². The monoisotopic (exact) mass is 694 g/mol. The zero-order valence-electron chi connectivity index (χ0n) is 23.3. The highest BCUT2D eigenvalue weighted by Gasteiger charge is 2.76. The molecule has 1 N–H and O–H groups in total. The molecule has 224 valence electrons. The summed E-state index contributed by atoms with van der Waals surface area (Å²) in [5.74, 6) is -5.41. The molecule has 0 bridgehead atoms. The minimum atomic E-state index is -1.94. The Morgan fingerprint density at radius 3 is 2.27 bits per heavy atom. The van der Waals surface area contributed by atoms with Gasteiger partial charge in [0.25, 0.3) is 11.8 Å². The van der Waals surface area contributed by atoms with Crippen molar-refractivity contribution in [2.75, 3.05) is 10.4 Å². The van der Waals surface area contributed by atoms with Crippen molar-refractivity contribution >= 4 is 85.0 Å². The zero-order valence-corrected chi connectivity index (χ0v) is 26.4. The van der Waals surface area contributed by atoms with Gasteiger partial charge >= 0.3 is 0 Å². The van der Waals surface area contributed by atoms with Crippen molar-refractivity contribution in [2.45, 2.75) is 35.4 Å². The number of likely N-dealkylation sites (tertiary alicyclic amines) is 1. The minimum Gasteiger partial charge on any atom is -0.507 e. The Hall–Kier alpha value is -3.53. The van der Waals surface area contributed by atoms with Crippen LogP contribution in [0.25, 0.3) is 10.8 Å². The first-order chi connectivity index (χ1) is 21.0. The molecular formula is C33H25BrCl2N2O6. The van der Waals surface area contributed by atoms with E-state index >= 15 is 0 Å². The first-order valence-corrected chi connectivity index (χ1v) is 16.0. The summed E-state index contributed by atoms with van der Waals surface area (Å²) in [4.78, 5) is 66.0. The summed E-state index contributed by atoms with van der Waals surface area (Å²) in [7, 11) is 0. The molecule has 2 aliphatic carbocycles. The Labute approximate surface area is 270 Å². The van der Waals surface area contributed by atoms with E-state index in [1.165, 1.54) is 13.0 Å². The van der Waals surface area contributed by atoms with E-state index in [-0.39, 0.29) is 35.7 Å². The van der Waals surface area contributed by atoms with Gasteiger partial charge in [-0.3, -0.25) is 33.8 Å². The Balaban J connectivity index is 1.41. The number of aromatic hydroxyl groups is 1. The number of phenolic OH excluding ortho intramolecular Hbond substituents is 1. The number of carbonyl (C=O) groups excluding carboxylic acids is 5. The molecule has 2 heterocycles. The lowest BCUT2D eigenvalue weighted by Gasteiger charge is -2.51. The molecule has 8 nitrogen and oxygen atoms in total. The van der Waals surface area contributed by atoms with Gasteiger partial charge in [0.05, 0.1) is 23.0 Å². The summed E-state index contributed by atoms with van der Waals surface area (Å²) in [6, 6.07) is 16.6. The van der Waals surface area contributed by atoms with E-state index in [9.17, 15) is 29.1 Å². The highest BCUT2D eigenvalue weighted by molar-refractivity contribution is 9.09. The van der Waals surface area contributed by atoms with Gasteiger partial charge in [-0.15, -0.1) is 23.2 Å². The van der Waals surface area contributed by atoms with Crippen molar-refractivity contribution < 1.29 is 29.1 Å². The van der Waals surface area contributed by atoms with Gasteiger partial charge in [0.2, 0.25) is 11.8 Å². The normalized spacial score (nSPS) is 31.2. The summed E-state index contributed by atoms with van der Waals surface area (Å²) in [6.07, 6.45) is 1.98. The second-order valence-electron chi connectivity index (χ2n) is 11.8. The number of phenols is 1. The van der Waals surface area contributed by atoms with Crippen LogP contribution in [0, 0.1) is 17.8 Å². The predicted octanol–water partition coefficient (Wildman–Crippen LogP) is 5.66. The number of alkyl halides is 3. The third kappa shape index (κ3) is 3.66. The molecule has 0 radical (unpaired) electrons. The fourth-order valence-electron chi connectivity index (χ4n) is 7.76. The van der Waals surface area contributed by atoms with E-state index < -0.39 is 51.1 Å². The first-order valence-electron chi connectivity index (χ1n) is 14.1. The lowest BCUT2D eigenvalue weighted by molar-refractivity contribution is -0.138. The molecular weight excluding hydrogens is 671 g/mol. The largest absolute Gasteiger partial charge is 0.507 e. The molecule has 4 amide bonds. The maximum atomic E-state index is 14.2. The summed E-state index contributed by atoms with van der Waals surface area (Å²) in [5, 5.41) is 11.8. The van der Waals surface area contributed by atoms with Crippen molar-refractivity contribution in [3.63, 3.8) is 0 Å². The predicted molar refractivity (Wildman–Crippen MR) is 168 cm³/mol. The fraction of sp³-hybridized carbons (Fsp3) is 0.303. The zero-order chi connectivity index (χ0) is 31.3. The van der Waals surface area contributed by atoms with E-state index in [4.69, 9.17) is 23.2 Å². The maximum Gasteiger partial charge on any atom is 0.254 e. The van der Waals surface area contributed by atoms with Crippen LogP contribution in [0.2, 0.25) is 0 Å². The number of Topliss-reactive ketones (excluding diaryl/α,β-unsaturated/α-hetero) is 1. The standard InChI is InChI=1S/C33H25BrCl2N2O6/c1-16(39)17-6-8-18(9-7-17)38-28(41)23-11-10-22-24(26(23)29(38)42)14-32(35)30(43)37(15-34)31(44)33(32,36)27(22)21-12-13-25(40)20-5-3-2-4-19(20)21/h2-10,12-13,23-24,26-27,40H,11,14-15H2,1H3. The lowest BCUT2D eigenvalue weighted by atomic mass is 9.56. The van der Waals surface area contributed by atoms with Gasteiger partial charge in [-0.25, -0.2) is 0 Å². The molecule has 2 saturated heterocycles. The molecule has 2 aliphatic heterocycles. The molecule has 3 fully saturated rings. The second-order valence-corrected chi connectivity index (χ2v) is 13.6. The van der Waals surface area contributed by atoms with Crippen LogP contribution in [0.5, 0.6) is 5.75 Å². The Morgan fingerprint density at radius 2 is 1.61 bits per heavy atom. The number of hydrogen-bond donors (Lipinski definition) is 1. The summed E-state index contributed by atoms with van der Waals surface area (Å²) < 4.78 is 0. The number of carbonyl (C=O) groups is 5. The number of imide groups is 2. The number of ketones is 1. The summed E-state index contributed by atoms with van der Waals surface area (Å²) in [5.41, 5.74) is 1.93. The molecule has 7 rings (SSSR count). The molecule has 1 saturated carbocycles. The third-order valence-electron chi connectivity index (χ3n) is 9.79. The quantitative estimate of drug-likeness (QED) is 0.124. The smallest absolute Gasteiger partial charge is 0.254 e. The van der Waals surface area contributed by atoms with Crippen LogP contribution in [-0.2, 0) is 19.2 Å². The maximum absolute atomic E-state index is 14.2. The van der Waals surface area contributed by atoms with Gasteiger partial charge in [-0.1, -0.05) is 57.9 Å². The molecule has 11 heteroatoms. The first kappa shape index (κ1) is 29.2. The van der Waals surface area contributed by atoms with Crippen LogP contribution in [0.1, 0.15) is 41.6 Å². The van der Waals surface area contributed by atoms with Crippen LogP contribution in [0.3, 0.4) is 0 Å². The highest BCUT2D eigenvalue weighted by Crippen LogP contribution is 2.66. The number of hydrogen-bond acceptors (Lipinski definition) is 6. The molecule has 6 unspecified atom stereocenters. The molecule has 0 aromatic heterocycles. The average molecular weight is 696 g/mol. The van der Waals surface area contributed by atoms with Crippen molar-refractivity contribution in [3.05, 3.63) is 83.4 Å². The van der Waals surface area contributed by atoms with Crippen LogP contribution in [0.4, 0.5) is 5.69 Å². The minimum absolute atomic E-state index is 0.0362. The van der Waals surface area contributed by atoms with E-state index in [2.05, 4.69) is 15.9 Å². The number of fused-ring (bicyclic) bond motifs is 5. The van der Waals surface area contributed by atoms with E-state index in [1.807, 2.05) is 6.08 Å². The van der Waals surface area contributed by atoms with Crippen molar-refractivity contribution in [2.24, 2.45) is 17.8 Å². The summed E-state index contributed by atoms with van der Waals surface area (Å²) >= 11 is 17.9. The Kier molecular flexibility index (Phi) is 6.63. The van der Waals surface area contributed by atoms with Crippen LogP contribution in [-0.4, -0.2) is 54.6 Å². The summed E-state index contributed by atoms with van der Waals surface area (Å²) in [6.45, 7) is 1.43. The van der Waals surface area contributed by atoms with Crippen molar-refractivity contribution in [3.8, 4) is 5.75 Å². The van der Waals surface area contributed by atoms with Gasteiger partial charge in [0.15, 0.2) is 15.5 Å². The molecule has 3 aromatic carbocycles. The Morgan fingerprint density at radius 1 is 0.932 bits per heavy atom. The third-order valence-corrected chi connectivity index (χ3v) is 11.7. The fourth-order valence-corrected chi connectivity index (χ4v) is 9.17. The van der Waals surface area contributed by atoms with Gasteiger partial charge in [0, 0.05) is 16.9 Å². The van der Waals surface area contributed by atoms with Crippen molar-refractivity contribution in [1.82, 2.24) is 4.90 Å². The highest BCUT2D eigenvalue weighted by atomic mass is 79.9. The molecule has 0 spiro atoms. The lowest BCUT2D eigenvalue weighted by Crippen LogP contribution is -2.60. The van der Waals surface area contributed by atoms with Crippen molar-refractivity contribution in [1.29, 1.82) is 0 Å². The van der Waals surface area contributed by atoms with Crippen LogP contribution >= 0.6 is 39.1 Å². The number of nitrogens with zero attached hydrogens (tertiary/aromatic N) is 2. The number of amides is 4. The molecule has 44 heavy (non-hydrogen) atoms. The topological polar surface area (TPSA) is 112 Å². The number of rotatable bonds is 4. The number of halogens is 3. The number of benzene rings is 3. The van der Waals surface area contributed by atoms with E-state index in [0.29, 0.717) is 33.2 Å².